The highest BCUT2D eigenvalue weighted by Gasteiger charge is 2.21. The number of likely N-dealkylation sites (tertiary alicyclic amines) is 1. The Labute approximate surface area is 104 Å². The van der Waals surface area contributed by atoms with Gasteiger partial charge in [-0.15, -0.1) is 0 Å². The fraction of sp³-hybridized carbons (Fsp3) is 0.533. The van der Waals surface area contributed by atoms with Crippen molar-refractivity contribution in [3.8, 4) is 0 Å². The molecule has 0 N–H and O–H groups in total. The second-order valence-electron chi connectivity index (χ2n) is 5.50. The predicted molar refractivity (Wildman–Crippen MR) is 70.1 cm³/mol. The number of benzene rings is 1. The minimum absolute atomic E-state index is 0.778. The molecule has 1 aromatic carbocycles. The molecule has 2 unspecified atom stereocenters. The molecule has 17 heavy (non-hydrogen) atoms. The summed E-state index contributed by atoms with van der Waals surface area (Å²) in [7, 11) is 0. The van der Waals surface area contributed by atoms with Crippen LogP contribution < -0.4 is 0 Å². The molecule has 1 saturated heterocycles. The minimum Gasteiger partial charge on any atom is -0.299 e. The van der Waals surface area contributed by atoms with Gasteiger partial charge in [-0.2, -0.15) is 0 Å². The molecule has 1 aliphatic heterocycles. The first kappa shape index (κ1) is 12.3. The largest absolute Gasteiger partial charge is 0.299 e. The van der Waals surface area contributed by atoms with Gasteiger partial charge in [0.25, 0.3) is 0 Å². The van der Waals surface area contributed by atoms with Gasteiger partial charge in [0.1, 0.15) is 6.29 Å². The van der Waals surface area contributed by atoms with Crippen LogP contribution in [-0.2, 0) is 6.54 Å². The Morgan fingerprint density at radius 2 is 2.00 bits per heavy atom. The molecule has 92 valence electrons. The minimum atomic E-state index is 0.778. The number of aldehydes is 1. The van der Waals surface area contributed by atoms with Crippen LogP contribution in [-0.4, -0.2) is 24.3 Å². The van der Waals surface area contributed by atoms with E-state index in [0.29, 0.717) is 0 Å². The summed E-state index contributed by atoms with van der Waals surface area (Å²) in [6, 6.07) is 7.93. The van der Waals surface area contributed by atoms with E-state index in [0.717, 1.165) is 30.2 Å². The Hall–Kier alpha value is -1.15. The fourth-order valence-electron chi connectivity index (χ4n) is 2.94. The Bertz CT molecular complexity index is 378. The lowest BCUT2D eigenvalue weighted by Crippen LogP contribution is -2.38. The molecule has 0 spiro atoms. The van der Waals surface area contributed by atoms with Crippen LogP contribution in [0, 0.1) is 11.8 Å². The van der Waals surface area contributed by atoms with E-state index >= 15 is 0 Å². The number of hydrogen-bond acceptors (Lipinski definition) is 2. The van der Waals surface area contributed by atoms with Crippen molar-refractivity contribution in [2.24, 2.45) is 11.8 Å². The lowest BCUT2D eigenvalue weighted by molar-refractivity contribution is 0.112. The van der Waals surface area contributed by atoms with Crippen molar-refractivity contribution >= 4 is 6.29 Å². The van der Waals surface area contributed by atoms with Crippen molar-refractivity contribution in [3.63, 3.8) is 0 Å². The van der Waals surface area contributed by atoms with E-state index in [9.17, 15) is 4.79 Å². The van der Waals surface area contributed by atoms with Crippen LogP contribution in [0.3, 0.4) is 0 Å². The highest BCUT2D eigenvalue weighted by molar-refractivity contribution is 5.74. The highest BCUT2D eigenvalue weighted by atomic mass is 16.1. The Kier molecular flexibility index (Phi) is 3.95. The van der Waals surface area contributed by atoms with Crippen molar-refractivity contribution in [1.82, 2.24) is 4.90 Å². The molecule has 2 rings (SSSR count). The average Bonchev–Trinajstić information content (AvgIpc) is 2.28. The average molecular weight is 231 g/mol. The molecule has 1 fully saturated rings. The summed E-state index contributed by atoms with van der Waals surface area (Å²) in [5, 5.41) is 0. The zero-order valence-electron chi connectivity index (χ0n) is 10.7. The topological polar surface area (TPSA) is 20.3 Å². The summed E-state index contributed by atoms with van der Waals surface area (Å²) in [6.45, 7) is 7.97. The highest BCUT2D eigenvalue weighted by Crippen LogP contribution is 2.22. The van der Waals surface area contributed by atoms with E-state index in [2.05, 4.69) is 24.8 Å². The first-order valence-corrected chi connectivity index (χ1v) is 6.44. The zero-order valence-corrected chi connectivity index (χ0v) is 10.7. The van der Waals surface area contributed by atoms with Gasteiger partial charge in [0.2, 0.25) is 0 Å². The third-order valence-corrected chi connectivity index (χ3v) is 3.44. The van der Waals surface area contributed by atoms with Gasteiger partial charge in [0.15, 0.2) is 0 Å². The van der Waals surface area contributed by atoms with Crippen LogP contribution in [0.4, 0.5) is 0 Å². The summed E-state index contributed by atoms with van der Waals surface area (Å²) < 4.78 is 0. The SMILES string of the molecule is CC1CC(C)CN(Cc2cccc(C=O)c2)C1. The lowest BCUT2D eigenvalue weighted by atomic mass is 9.91. The number of carbonyl (C=O) groups is 1. The standard InChI is InChI=1S/C15H21NO/c1-12-6-13(2)9-16(8-12)10-14-4-3-5-15(7-14)11-17/h3-5,7,11-13H,6,8-10H2,1-2H3. The van der Waals surface area contributed by atoms with Gasteiger partial charge in [-0.3, -0.25) is 9.69 Å². The number of carbonyl (C=O) groups excluding carboxylic acids is 1. The number of piperidine rings is 1. The number of rotatable bonds is 3. The van der Waals surface area contributed by atoms with Gasteiger partial charge in [0.05, 0.1) is 0 Å². The van der Waals surface area contributed by atoms with Gasteiger partial charge in [-0.1, -0.05) is 32.0 Å². The summed E-state index contributed by atoms with van der Waals surface area (Å²) in [5.41, 5.74) is 2.02. The molecule has 0 radical (unpaired) electrons. The van der Waals surface area contributed by atoms with Gasteiger partial charge in [-0.25, -0.2) is 0 Å². The Morgan fingerprint density at radius 1 is 1.29 bits per heavy atom. The quantitative estimate of drug-likeness (QED) is 0.745. The molecule has 0 amide bonds. The smallest absolute Gasteiger partial charge is 0.150 e. The van der Waals surface area contributed by atoms with Crippen molar-refractivity contribution in [2.45, 2.75) is 26.8 Å². The Morgan fingerprint density at radius 3 is 2.65 bits per heavy atom. The maximum atomic E-state index is 10.7. The summed E-state index contributed by atoms with van der Waals surface area (Å²) in [5.74, 6) is 1.57. The van der Waals surface area contributed by atoms with Crippen molar-refractivity contribution in [3.05, 3.63) is 35.4 Å². The second-order valence-corrected chi connectivity index (χ2v) is 5.50. The first-order valence-electron chi connectivity index (χ1n) is 6.44. The van der Waals surface area contributed by atoms with Gasteiger partial charge >= 0.3 is 0 Å². The monoisotopic (exact) mass is 231 g/mol. The number of nitrogens with zero attached hydrogens (tertiary/aromatic N) is 1. The van der Waals surface area contributed by atoms with Crippen LogP contribution in [0.15, 0.2) is 24.3 Å². The van der Waals surface area contributed by atoms with Gasteiger partial charge in [0, 0.05) is 25.2 Å². The molecular formula is C15H21NO. The molecule has 0 aromatic heterocycles. The molecule has 0 saturated carbocycles. The zero-order chi connectivity index (χ0) is 12.3. The predicted octanol–water partition coefficient (Wildman–Crippen LogP) is 2.98. The third kappa shape index (κ3) is 3.40. The van der Waals surface area contributed by atoms with Crippen molar-refractivity contribution in [2.75, 3.05) is 13.1 Å². The van der Waals surface area contributed by atoms with Crippen LogP contribution in [0.2, 0.25) is 0 Å². The molecule has 1 aliphatic rings. The van der Waals surface area contributed by atoms with E-state index in [4.69, 9.17) is 0 Å². The summed E-state index contributed by atoms with van der Waals surface area (Å²) in [6.07, 6.45) is 2.26. The fourth-order valence-corrected chi connectivity index (χ4v) is 2.94. The molecule has 0 aliphatic carbocycles. The molecule has 2 nitrogen and oxygen atoms in total. The summed E-state index contributed by atoms with van der Waals surface area (Å²) >= 11 is 0. The van der Waals surface area contributed by atoms with E-state index in [-0.39, 0.29) is 0 Å². The van der Waals surface area contributed by atoms with Gasteiger partial charge in [-0.05, 0) is 29.9 Å². The number of hydrogen-bond donors (Lipinski definition) is 0. The van der Waals surface area contributed by atoms with Crippen LogP contribution in [0.5, 0.6) is 0 Å². The van der Waals surface area contributed by atoms with Crippen LogP contribution >= 0.6 is 0 Å². The van der Waals surface area contributed by atoms with Crippen molar-refractivity contribution < 1.29 is 4.79 Å². The normalized spacial score (nSPS) is 25.8. The Balaban J connectivity index is 2.01. The van der Waals surface area contributed by atoms with Crippen molar-refractivity contribution in [1.29, 1.82) is 0 Å². The van der Waals surface area contributed by atoms with E-state index < -0.39 is 0 Å². The molecular weight excluding hydrogens is 210 g/mol. The lowest BCUT2D eigenvalue weighted by Gasteiger charge is -2.35. The summed E-state index contributed by atoms with van der Waals surface area (Å²) in [4.78, 5) is 13.2. The first-order chi connectivity index (χ1) is 8.17. The molecule has 1 aromatic rings. The molecule has 2 heteroatoms. The van der Waals surface area contributed by atoms with E-state index in [1.54, 1.807) is 0 Å². The van der Waals surface area contributed by atoms with Crippen LogP contribution in [0.1, 0.15) is 36.2 Å². The van der Waals surface area contributed by atoms with E-state index in [1.807, 2.05) is 18.2 Å². The molecule has 0 bridgehead atoms. The van der Waals surface area contributed by atoms with E-state index in [1.165, 1.54) is 25.1 Å². The molecule has 2 atom stereocenters. The maximum Gasteiger partial charge on any atom is 0.150 e. The maximum absolute atomic E-state index is 10.7. The third-order valence-electron chi connectivity index (χ3n) is 3.44. The second kappa shape index (κ2) is 5.46. The van der Waals surface area contributed by atoms with Crippen LogP contribution in [0.25, 0.3) is 0 Å². The molecule has 1 heterocycles. The van der Waals surface area contributed by atoms with Gasteiger partial charge < -0.3 is 0 Å².